The highest BCUT2D eigenvalue weighted by molar-refractivity contribution is 5.68. The van der Waals surface area contributed by atoms with E-state index in [0.717, 1.165) is 26.1 Å². The highest BCUT2D eigenvalue weighted by Gasteiger charge is 2.20. The third-order valence-electron chi connectivity index (χ3n) is 3.29. The van der Waals surface area contributed by atoms with E-state index in [0.29, 0.717) is 13.1 Å². The van der Waals surface area contributed by atoms with Gasteiger partial charge in [-0.15, -0.1) is 0 Å². The molecule has 0 radical (unpaired) electrons. The number of likely N-dealkylation sites (N-methyl/N-ethyl adjacent to an activating group) is 1. The molecule has 1 heterocycles. The van der Waals surface area contributed by atoms with Gasteiger partial charge in [0.25, 0.3) is 0 Å². The lowest BCUT2D eigenvalue weighted by molar-refractivity contribution is 0.0262. The Kier molecular flexibility index (Phi) is 7.45. The van der Waals surface area contributed by atoms with Crippen LogP contribution in [-0.4, -0.2) is 40.8 Å². The van der Waals surface area contributed by atoms with Crippen LogP contribution in [0.3, 0.4) is 0 Å². The van der Waals surface area contributed by atoms with Gasteiger partial charge in [0.2, 0.25) is 0 Å². The van der Waals surface area contributed by atoms with E-state index in [1.807, 2.05) is 27.7 Å². The average molecular weight is 309 g/mol. The van der Waals surface area contributed by atoms with Crippen molar-refractivity contribution in [3.8, 4) is 0 Å². The van der Waals surface area contributed by atoms with Gasteiger partial charge in [-0.25, -0.2) is 4.79 Å². The molecule has 0 unspecified atom stereocenters. The van der Waals surface area contributed by atoms with Gasteiger partial charge in [-0.3, -0.25) is 0 Å². The molecule has 126 valence electrons. The standard InChI is InChI=1S/C17H31N3O2/c1-6-11-20-12-8-9-15(20)14-18-10-13-19(7-2)16(21)22-17(3,4)5/h8-9,12,18H,6-7,10-11,13-14H2,1-5H3. The van der Waals surface area contributed by atoms with E-state index in [9.17, 15) is 4.79 Å². The SMILES string of the molecule is CCCn1cccc1CNCCN(CC)C(=O)OC(C)(C)C. The van der Waals surface area contributed by atoms with E-state index in [-0.39, 0.29) is 6.09 Å². The number of rotatable bonds is 8. The molecule has 1 amide bonds. The Morgan fingerprint density at radius 2 is 2.09 bits per heavy atom. The monoisotopic (exact) mass is 309 g/mol. The minimum atomic E-state index is -0.446. The highest BCUT2D eigenvalue weighted by atomic mass is 16.6. The summed E-state index contributed by atoms with van der Waals surface area (Å²) in [7, 11) is 0. The van der Waals surface area contributed by atoms with E-state index in [1.165, 1.54) is 5.69 Å². The molecule has 5 heteroatoms. The summed E-state index contributed by atoms with van der Waals surface area (Å²) >= 11 is 0. The zero-order chi connectivity index (χ0) is 16.6. The molecule has 1 rings (SSSR count). The number of carbonyl (C=O) groups excluding carboxylic acids is 1. The molecule has 0 spiro atoms. The van der Waals surface area contributed by atoms with E-state index >= 15 is 0 Å². The Morgan fingerprint density at radius 3 is 2.68 bits per heavy atom. The summed E-state index contributed by atoms with van der Waals surface area (Å²) < 4.78 is 7.66. The van der Waals surface area contributed by atoms with Gasteiger partial charge in [-0.05, 0) is 46.2 Å². The first kappa shape index (κ1) is 18.6. The molecule has 0 aliphatic heterocycles. The molecule has 1 N–H and O–H groups in total. The van der Waals surface area contributed by atoms with E-state index in [2.05, 4.69) is 35.1 Å². The Morgan fingerprint density at radius 1 is 1.36 bits per heavy atom. The molecule has 0 bridgehead atoms. The minimum Gasteiger partial charge on any atom is -0.444 e. The van der Waals surface area contributed by atoms with Gasteiger partial charge in [0, 0.05) is 44.6 Å². The molecule has 0 saturated heterocycles. The molecular weight excluding hydrogens is 278 g/mol. The number of nitrogens with zero attached hydrogens (tertiary/aromatic N) is 2. The highest BCUT2D eigenvalue weighted by Crippen LogP contribution is 2.09. The molecule has 0 aromatic carbocycles. The Labute approximate surface area is 134 Å². The Bertz CT molecular complexity index is 449. The van der Waals surface area contributed by atoms with Crippen LogP contribution in [0.25, 0.3) is 0 Å². The van der Waals surface area contributed by atoms with Gasteiger partial charge in [0.15, 0.2) is 0 Å². The Hall–Kier alpha value is -1.49. The fourth-order valence-corrected chi connectivity index (χ4v) is 2.20. The van der Waals surface area contributed by atoms with Crippen molar-refractivity contribution in [3.05, 3.63) is 24.0 Å². The summed E-state index contributed by atoms with van der Waals surface area (Å²) in [6.07, 6.45) is 3.00. The van der Waals surface area contributed by atoms with Crippen LogP contribution in [0.1, 0.15) is 46.7 Å². The number of hydrogen-bond acceptors (Lipinski definition) is 3. The van der Waals surface area contributed by atoms with E-state index < -0.39 is 5.60 Å². The van der Waals surface area contributed by atoms with Crippen LogP contribution >= 0.6 is 0 Å². The summed E-state index contributed by atoms with van der Waals surface area (Å²) in [5.41, 5.74) is 0.834. The van der Waals surface area contributed by atoms with Crippen LogP contribution < -0.4 is 5.32 Å². The first-order valence-corrected chi connectivity index (χ1v) is 8.20. The van der Waals surface area contributed by atoms with Crippen molar-refractivity contribution in [2.75, 3.05) is 19.6 Å². The van der Waals surface area contributed by atoms with Crippen LogP contribution in [0.15, 0.2) is 18.3 Å². The topological polar surface area (TPSA) is 46.5 Å². The molecule has 1 aromatic heterocycles. The molecule has 1 aromatic rings. The number of aryl methyl sites for hydroxylation is 1. The van der Waals surface area contributed by atoms with E-state index in [1.54, 1.807) is 4.90 Å². The van der Waals surface area contributed by atoms with Crippen molar-refractivity contribution in [2.45, 2.75) is 59.7 Å². The zero-order valence-corrected chi connectivity index (χ0v) is 14.7. The smallest absolute Gasteiger partial charge is 0.410 e. The van der Waals surface area contributed by atoms with Gasteiger partial charge in [0.1, 0.15) is 5.60 Å². The maximum atomic E-state index is 12.0. The predicted molar refractivity (Wildman–Crippen MR) is 89.9 cm³/mol. The van der Waals surface area contributed by atoms with Crippen LogP contribution in [0.2, 0.25) is 0 Å². The van der Waals surface area contributed by atoms with Gasteiger partial charge in [-0.1, -0.05) is 6.92 Å². The van der Waals surface area contributed by atoms with E-state index in [4.69, 9.17) is 4.74 Å². The molecule has 0 fully saturated rings. The molecule has 22 heavy (non-hydrogen) atoms. The van der Waals surface area contributed by atoms with Crippen LogP contribution in [0, 0.1) is 0 Å². The fraction of sp³-hybridized carbons (Fsp3) is 0.706. The lowest BCUT2D eigenvalue weighted by Crippen LogP contribution is -2.40. The zero-order valence-electron chi connectivity index (χ0n) is 14.7. The summed E-state index contributed by atoms with van der Waals surface area (Å²) in [6.45, 7) is 13.7. The molecule has 5 nitrogen and oxygen atoms in total. The number of amides is 1. The number of hydrogen-bond donors (Lipinski definition) is 1. The third kappa shape index (κ3) is 6.52. The number of ether oxygens (including phenoxy) is 1. The van der Waals surface area contributed by atoms with Crippen LogP contribution in [-0.2, 0) is 17.8 Å². The average Bonchev–Trinajstić information content (AvgIpc) is 2.84. The second-order valence-electron chi connectivity index (χ2n) is 6.43. The Balaban J connectivity index is 2.35. The number of aromatic nitrogens is 1. The normalized spacial score (nSPS) is 11.5. The fourth-order valence-electron chi connectivity index (χ4n) is 2.20. The number of carbonyl (C=O) groups is 1. The maximum Gasteiger partial charge on any atom is 0.410 e. The van der Waals surface area contributed by atoms with Crippen LogP contribution in [0.4, 0.5) is 4.79 Å². The van der Waals surface area contributed by atoms with Crippen LogP contribution in [0.5, 0.6) is 0 Å². The lowest BCUT2D eigenvalue weighted by atomic mass is 10.2. The lowest BCUT2D eigenvalue weighted by Gasteiger charge is -2.26. The molecule has 0 saturated carbocycles. The van der Waals surface area contributed by atoms with Crippen molar-refractivity contribution < 1.29 is 9.53 Å². The molecule has 0 atom stereocenters. The summed E-state index contributed by atoms with van der Waals surface area (Å²) in [6, 6.07) is 4.21. The molecule has 0 aliphatic carbocycles. The second kappa shape index (κ2) is 8.83. The third-order valence-corrected chi connectivity index (χ3v) is 3.29. The minimum absolute atomic E-state index is 0.244. The second-order valence-corrected chi connectivity index (χ2v) is 6.43. The van der Waals surface area contributed by atoms with Crippen molar-refractivity contribution in [1.29, 1.82) is 0 Å². The van der Waals surface area contributed by atoms with Crippen molar-refractivity contribution in [2.24, 2.45) is 0 Å². The predicted octanol–water partition coefficient (Wildman–Crippen LogP) is 3.24. The summed E-state index contributed by atoms with van der Waals surface area (Å²) in [5.74, 6) is 0. The van der Waals surface area contributed by atoms with Gasteiger partial charge in [0.05, 0.1) is 0 Å². The molecule has 0 aliphatic rings. The van der Waals surface area contributed by atoms with Crippen molar-refractivity contribution in [1.82, 2.24) is 14.8 Å². The van der Waals surface area contributed by atoms with Gasteiger partial charge in [-0.2, -0.15) is 0 Å². The summed E-state index contributed by atoms with van der Waals surface area (Å²) in [4.78, 5) is 13.7. The first-order valence-electron chi connectivity index (χ1n) is 8.20. The largest absolute Gasteiger partial charge is 0.444 e. The van der Waals surface area contributed by atoms with Gasteiger partial charge < -0.3 is 19.5 Å². The van der Waals surface area contributed by atoms with Gasteiger partial charge >= 0.3 is 6.09 Å². The van der Waals surface area contributed by atoms with Crippen molar-refractivity contribution >= 4 is 6.09 Å². The number of nitrogens with one attached hydrogen (secondary N) is 1. The molecular formula is C17H31N3O2. The maximum absolute atomic E-state index is 12.0. The van der Waals surface area contributed by atoms with Crippen molar-refractivity contribution in [3.63, 3.8) is 0 Å². The first-order chi connectivity index (χ1) is 10.4. The summed E-state index contributed by atoms with van der Waals surface area (Å²) in [5, 5.41) is 3.40. The quantitative estimate of drug-likeness (QED) is 0.750.